The molecule has 1 aromatic heterocycles. The molecule has 0 aliphatic heterocycles. The molecule has 0 spiro atoms. The van der Waals surface area contributed by atoms with Gasteiger partial charge >= 0.3 is 11.6 Å². The molecule has 1 heterocycles. The lowest BCUT2D eigenvalue weighted by atomic mass is 10.1. The number of nitrogens with zero attached hydrogens (tertiary/aromatic N) is 1. The summed E-state index contributed by atoms with van der Waals surface area (Å²) in [5, 5.41) is 14.0. The number of carbonyl (C=O) groups excluding carboxylic acids is 2. The van der Waals surface area contributed by atoms with E-state index in [9.17, 15) is 24.5 Å². The summed E-state index contributed by atoms with van der Waals surface area (Å²) in [6.07, 6.45) is 0.712. The van der Waals surface area contributed by atoms with Crippen molar-refractivity contribution in [3.63, 3.8) is 0 Å². The summed E-state index contributed by atoms with van der Waals surface area (Å²) in [5.74, 6) is -1.25. The highest BCUT2D eigenvalue weighted by Crippen LogP contribution is 2.22. The van der Waals surface area contributed by atoms with Gasteiger partial charge in [-0.05, 0) is 37.6 Å². The highest BCUT2D eigenvalue weighted by molar-refractivity contribution is 5.97. The summed E-state index contributed by atoms with van der Waals surface area (Å²) < 4.78 is 10.4. The number of nitro groups is 1. The van der Waals surface area contributed by atoms with Gasteiger partial charge in [-0.25, -0.2) is 9.59 Å². The van der Waals surface area contributed by atoms with Gasteiger partial charge in [0.2, 0.25) is 0 Å². The summed E-state index contributed by atoms with van der Waals surface area (Å²) in [6, 6.07) is 10.8. The van der Waals surface area contributed by atoms with Crippen molar-refractivity contribution in [3.05, 3.63) is 80.2 Å². The minimum absolute atomic E-state index is 0.00260. The quantitative estimate of drug-likeness (QED) is 0.217. The SMILES string of the molecule is CCC(C)NC(=O)c1cc2ccc(OC(=O)c3cccc([N+](=O)[O-])c3)cc2oc1=O. The molecule has 1 N–H and O–H groups in total. The Hall–Kier alpha value is -4.01. The molecule has 1 atom stereocenters. The van der Waals surface area contributed by atoms with E-state index in [-0.39, 0.29) is 34.2 Å². The fourth-order valence-corrected chi connectivity index (χ4v) is 2.63. The van der Waals surface area contributed by atoms with E-state index < -0.39 is 22.4 Å². The van der Waals surface area contributed by atoms with Crippen molar-refractivity contribution in [2.75, 3.05) is 0 Å². The third kappa shape index (κ3) is 4.52. The number of ether oxygens (including phenoxy) is 1. The Kier molecular flexibility index (Phi) is 5.91. The molecule has 9 nitrogen and oxygen atoms in total. The summed E-state index contributed by atoms with van der Waals surface area (Å²) in [7, 11) is 0. The van der Waals surface area contributed by atoms with E-state index in [0.717, 1.165) is 6.07 Å². The number of esters is 1. The van der Waals surface area contributed by atoms with Crippen LogP contribution in [-0.4, -0.2) is 22.8 Å². The predicted molar refractivity (Wildman–Crippen MR) is 108 cm³/mol. The van der Waals surface area contributed by atoms with Crippen LogP contribution in [0.25, 0.3) is 11.0 Å². The highest BCUT2D eigenvalue weighted by atomic mass is 16.6. The molecule has 1 unspecified atom stereocenters. The van der Waals surface area contributed by atoms with Crippen molar-refractivity contribution < 1.29 is 23.7 Å². The second-order valence-electron chi connectivity index (χ2n) is 6.63. The Balaban J connectivity index is 1.85. The van der Waals surface area contributed by atoms with Crippen molar-refractivity contribution >= 4 is 28.5 Å². The monoisotopic (exact) mass is 410 g/mol. The maximum atomic E-state index is 12.3. The van der Waals surface area contributed by atoms with Crippen molar-refractivity contribution in [3.8, 4) is 5.75 Å². The number of hydrogen-bond acceptors (Lipinski definition) is 7. The number of fused-ring (bicyclic) bond motifs is 1. The standard InChI is InChI=1S/C21H18N2O7/c1-3-12(2)22-19(24)17-10-13-7-8-16(11-18(13)30-21(17)26)29-20(25)14-5-4-6-15(9-14)23(27)28/h4-12H,3H2,1-2H3,(H,22,24). The van der Waals surface area contributed by atoms with E-state index >= 15 is 0 Å². The first-order chi connectivity index (χ1) is 14.3. The number of carbonyl (C=O) groups is 2. The van der Waals surface area contributed by atoms with Crippen LogP contribution in [0.4, 0.5) is 5.69 Å². The van der Waals surface area contributed by atoms with Gasteiger partial charge in [0, 0.05) is 29.6 Å². The summed E-state index contributed by atoms with van der Waals surface area (Å²) in [5.41, 5.74) is -1.04. The topological polar surface area (TPSA) is 129 Å². The van der Waals surface area contributed by atoms with Crippen molar-refractivity contribution in [2.24, 2.45) is 0 Å². The number of rotatable bonds is 6. The zero-order valence-corrected chi connectivity index (χ0v) is 16.2. The van der Waals surface area contributed by atoms with Crippen molar-refractivity contribution in [1.82, 2.24) is 5.32 Å². The molecule has 0 aliphatic rings. The van der Waals surface area contributed by atoms with Gasteiger partial charge in [0.05, 0.1) is 10.5 Å². The van der Waals surface area contributed by atoms with Gasteiger partial charge in [0.25, 0.3) is 11.6 Å². The highest BCUT2D eigenvalue weighted by Gasteiger charge is 2.17. The maximum Gasteiger partial charge on any atom is 0.349 e. The first-order valence-corrected chi connectivity index (χ1v) is 9.14. The van der Waals surface area contributed by atoms with Crippen LogP contribution in [-0.2, 0) is 0 Å². The fourth-order valence-electron chi connectivity index (χ4n) is 2.63. The molecule has 0 aliphatic carbocycles. The average molecular weight is 410 g/mol. The van der Waals surface area contributed by atoms with E-state index in [1.807, 2.05) is 13.8 Å². The average Bonchev–Trinajstić information content (AvgIpc) is 2.72. The van der Waals surface area contributed by atoms with Gasteiger partial charge in [0.15, 0.2) is 0 Å². The van der Waals surface area contributed by atoms with E-state index in [4.69, 9.17) is 9.15 Å². The van der Waals surface area contributed by atoms with Crippen LogP contribution in [0.1, 0.15) is 41.0 Å². The van der Waals surface area contributed by atoms with Crippen LogP contribution in [0, 0.1) is 10.1 Å². The lowest BCUT2D eigenvalue weighted by molar-refractivity contribution is -0.384. The second-order valence-corrected chi connectivity index (χ2v) is 6.63. The lowest BCUT2D eigenvalue weighted by Crippen LogP contribution is -2.34. The molecular formula is C21H18N2O7. The number of nitrogens with one attached hydrogen (secondary N) is 1. The van der Waals surface area contributed by atoms with Gasteiger partial charge in [-0.2, -0.15) is 0 Å². The maximum absolute atomic E-state index is 12.3. The third-order valence-corrected chi connectivity index (χ3v) is 4.45. The van der Waals surface area contributed by atoms with Gasteiger partial charge < -0.3 is 14.5 Å². The number of amides is 1. The molecule has 3 aromatic rings. The van der Waals surface area contributed by atoms with Crippen molar-refractivity contribution in [2.45, 2.75) is 26.3 Å². The van der Waals surface area contributed by atoms with Crippen LogP contribution < -0.4 is 15.7 Å². The Labute approximate surface area is 170 Å². The van der Waals surface area contributed by atoms with E-state index in [0.29, 0.717) is 11.8 Å². The minimum Gasteiger partial charge on any atom is -0.423 e. The first kappa shape index (κ1) is 20.7. The number of hydrogen-bond donors (Lipinski definition) is 1. The van der Waals surface area contributed by atoms with Gasteiger partial charge in [0.1, 0.15) is 16.9 Å². The Morgan fingerprint density at radius 2 is 1.97 bits per heavy atom. The first-order valence-electron chi connectivity index (χ1n) is 9.14. The zero-order chi connectivity index (χ0) is 21.8. The summed E-state index contributed by atoms with van der Waals surface area (Å²) in [4.78, 5) is 46.9. The molecule has 0 fully saturated rings. The molecular weight excluding hydrogens is 392 g/mol. The fraction of sp³-hybridized carbons (Fsp3) is 0.190. The smallest absolute Gasteiger partial charge is 0.349 e. The molecule has 0 bridgehead atoms. The molecule has 1 amide bonds. The normalized spacial score (nSPS) is 11.7. The Bertz CT molecular complexity index is 1200. The van der Waals surface area contributed by atoms with Gasteiger partial charge in [-0.3, -0.25) is 14.9 Å². The molecule has 9 heteroatoms. The molecule has 154 valence electrons. The van der Waals surface area contributed by atoms with Crippen LogP contribution in [0.5, 0.6) is 5.75 Å². The lowest BCUT2D eigenvalue weighted by Gasteiger charge is -2.11. The molecule has 2 aromatic carbocycles. The van der Waals surface area contributed by atoms with Crippen molar-refractivity contribution in [1.29, 1.82) is 0 Å². The van der Waals surface area contributed by atoms with E-state index in [1.165, 1.54) is 42.5 Å². The Morgan fingerprint density at radius 1 is 1.20 bits per heavy atom. The van der Waals surface area contributed by atoms with E-state index in [1.54, 1.807) is 0 Å². The number of benzene rings is 2. The summed E-state index contributed by atoms with van der Waals surface area (Å²) >= 11 is 0. The van der Waals surface area contributed by atoms with Gasteiger partial charge in [-0.15, -0.1) is 0 Å². The minimum atomic E-state index is -0.814. The van der Waals surface area contributed by atoms with E-state index in [2.05, 4.69) is 5.32 Å². The van der Waals surface area contributed by atoms with Crippen LogP contribution in [0.15, 0.2) is 57.7 Å². The number of nitro benzene ring substituents is 1. The predicted octanol–water partition coefficient (Wildman–Crippen LogP) is 3.45. The van der Waals surface area contributed by atoms with Crippen LogP contribution in [0.2, 0.25) is 0 Å². The number of non-ortho nitro benzene ring substituents is 1. The molecule has 0 saturated carbocycles. The summed E-state index contributed by atoms with van der Waals surface area (Å²) in [6.45, 7) is 3.73. The third-order valence-electron chi connectivity index (χ3n) is 4.45. The second kappa shape index (κ2) is 8.56. The zero-order valence-electron chi connectivity index (χ0n) is 16.2. The Morgan fingerprint density at radius 3 is 2.67 bits per heavy atom. The van der Waals surface area contributed by atoms with Gasteiger partial charge in [-0.1, -0.05) is 13.0 Å². The van der Waals surface area contributed by atoms with Crippen LogP contribution >= 0.6 is 0 Å². The van der Waals surface area contributed by atoms with Crippen LogP contribution in [0.3, 0.4) is 0 Å². The molecule has 0 radical (unpaired) electrons. The molecule has 3 rings (SSSR count). The molecule has 30 heavy (non-hydrogen) atoms. The largest absolute Gasteiger partial charge is 0.423 e. The molecule has 0 saturated heterocycles.